The highest BCUT2D eigenvalue weighted by Gasteiger charge is 2.40. The first-order valence-corrected chi connectivity index (χ1v) is 7.90. The largest absolute Gasteiger partial charge is 0.434 e. The Balaban J connectivity index is 2.01. The zero-order valence-corrected chi connectivity index (χ0v) is 14.2. The van der Waals surface area contributed by atoms with Crippen LogP contribution in [0.1, 0.15) is 21.6 Å². The number of aromatic nitrogens is 2. The number of alkyl halides is 3. The Morgan fingerprint density at radius 3 is 2.52 bits per heavy atom. The summed E-state index contributed by atoms with van der Waals surface area (Å²) in [7, 11) is 0. The Hall–Kier alpha value is -3.31. The van der Waals surface area contributed by atoms with Gasteiger partial charge < -0.3 is 5.32 Å². The number of nitrogens with one attached hydrogen (secondary N) is 1. The SMILES string of the molecule is N#Cc1cccc(NC(=O)c2cnn(-c3ccc(Cl)cc3)c2C(F)(F)F)c1. The van der Waals surface area contributed by atoms with Crippen LogP contribution in [-0.4, -0.2) is 15.7 Å². The third-order valence-corrected chi connectivity index (χ3v) is 3.86. The Labute approximate surface area is 156 Å². The number of halogens is 4. The van der Waals surface area contributed by atoms with Crippen LogP contribution in [0.25, 0.3) is 5.69 Å². The highest BCUT2D eigenvalue weighted by molar-refractivity contribution is 6.30. The van der Waals surface area contributed by atoms with Crippen LogP contribution in [0, 0.1) is 11.3 Å². The fraction of sp³-hybridized carbons (Fsp3) is 0.0556. The molecule has 136 valence electrons. The number of rotatable bonds is 3. The predicted molar refractivity (Wildman–Crippen MR) is 92.7 cm³/mol. The molecule has 0 saturated heterocycles. The number of amides is 1. The average molecular weight is 391 g/mol. The molecule has 0 saturated carbocycles. The maximum absolute atomic E-state index is 13.6. The Morgan fingerprint density at radius 2 is 1.89 bits per heavy atom. The van der Waals surface area contributed by atoms with Crippen LogP contribution in [0.2, 0.25) is 5.02 Å². The number of benzene rings is 2. The van der Waals surface area contributed by atoms with E-state index in [2.05, 4.69) is 10.4 Å². The molecule has 0 atom stereocenters. The molecule has 0 unspecified atom stereocenters. The molecule has 3 aromatic rings. The van der Waals surface area contributed by atoms with E-state index >= 15 is 0 Å². The van der Waals surface area contributed by atoms with E-state index in [1.54, 1.807) is 0 Å². The molecule has 0 fully saturated rings. The van der Waals surface area contributed by atoms with Crippen molar-refractivity contribution >= 4 is 23.2 Å². The van der Waals surface area contributed by atoms with Gasteiger partial charge in [0.15, 0.2) is 5.69 Å². The topological polar surface area (TPSA) is 70.7 Å². The first-order valence-electron chi connectivity index (χ1n) is 7.52. The first kappa shape index (κ1) is 18.5. The van der Waals surface area contributed by atoms with Crippen molar-refractivity contribution in [3.05, 3.63) is 76.6 Å². The van der Waals surface area contributed by atoms with Gasteiger partial charge in [-0.2, -0.15) is 23.5 Å². The summed E-state index contributed by atoms with van der Waals surface area (Å²) in [6.07, 6.45) is -3.97. The molecule has 0 bridgehead atoms. The summed E-state index contributed by atoms with van der Waals surface area (Å²) in [6, 6.07) is 13.3. The van der Waals surface area contributed by atoms with Gasteiger partial charge in [0, 0.05) is 10.7 Å². The summed E-state index contributed by atoms with van der Waals surface area (Å²) in [5.74, 6) is -0.988. The first-order chi connectivity index (χ1) is 12.8. The maximum atomic E-state index is 13.6. The van der Waals surface area contributed by atoms with Crippen LogP contribution in [0.5, 0.6) is 0 Å². The van der Waals surface area contributed by atoms with Crippen LogP contribution in [0.15, 0.2) is 54.7 Å². The van der Waals surface area contributed by atoms with Crippen molar-refractivity contribution in [3.8, 4) is 11.8 Å². The summed E-state index contributed by atoms with van der Waals surface area (Å²) in [5, 5.41) is 15.3. The monoisotopic (exact) mass is 390 g/mol. The van der Waals surface area contributed by atoms with Crippen LogP contribution < -0.4 is 5.32 Å². The zero-order chi connectivity index (χ0) is 19.6. The molecule has 0 spiro atoms. The second kappa shape index (κ2) is 7.13. The molecule has 0 radical (unpaired) electrons. The van der Waals surface area contributed by atoms with Crippen molar-refractivity contribution in [1.29, 1.82) is 5.26 Å². The third-order valence-electron chi connectivity index (χ3n) is 3.60. The number of nitriles is 1. The molecule has 3 rings (SSSR count). The lowest BCUT2D eigenvalue weighted by atomic mass is 10.2. The van der Waals surface area contributed by atoms with Crippen molar-refractivity contribution < 1.29 is 18.0 Å². The molecule has 5 nitrogen and oxygen atoms in total. The lowest BCUT2D eigenvalue weighted by Gasteiger charge is -2.13. The Bertz CT molecular complexity index is 1040. The van der Waals surface area contributed by atoms with E-state index in [0.29, 0.717) is 9.70 Å². The minimum absolute atomic E-state index is 0.109. The number of carbonyl (C=O) groups excluding carboxylic acids is 1. The predicted octanol–water partition coefficient (Wildman–Crippen LogP) is 4.67. The smallest absolute Gasteiger partial charge is 0.322 e. The minimum atomic E-state index is -4.82. The van der Waals surface area contributed by atoms with Gasteiger partial charge in [-0.3, -0.25) is 4.79 Å². The molecule has 0 aliphatic carbocycles. The fourth-order valence-corrected chi connectivity index (χ4v) is 2.56. The normalized spacial score (nSPS) is 11.1. The Kier molecular flexibility index (Phi) is 4.88. The molecule has 9 heteroatoms. The van der Waals surface area contributed by atoms with Gasteiger partial charge >= 0.3 is 6.18 Å². The molecular formula is C18H10ClF3N4O. The third kappa shape index (κ3) is 3.93. The van der Waals surface area contributed by atoms with Crippen molar-refractivity contribution in [2.75, 3.05) is 5.32 Å². The van der Waals surface area contributed by atoms with Crippen LogP contribution in [0.4, 0.5) is 18.9 Å². The number of nitrogens with zero attached hydrogens (tertiary/aromatic N) is 3. The van der Waals surface area contributed by atoms with Gasteiger partial charge in [-0.05, 0) is 42.5 Å². The number of anilines is 1. The second-order valence-electron chi connectivity index (χ2n) is 5.44. The summed E-state index contributed by atoms with van der Waals surface area (Å²) >= 11 is 5.76. The van der Waals surface area contributed by atoms with Gasteiger partial charge in [0.25, 0.3) is 5.91 Å². The average Bonchev–Trinajstić information content (AvgIpc) is 3.08. The molecule has 27 heavy (non-hydrogen) atoms. The van der Waals surface area contributed by atoms with E-state index in [4.69, 9.17) is 16.9 Å². The summed E-state index contributed by atoms with van der Waals surface area (Å²) < 4.78 is 41.5. The minimum Gasteiger partial charge on any atom is -0.322 e. The molecule has 0 aliphatic heterocycles. The highest BCUT2D eigenvalue weighted by atomic mass is 35.5. The van der Waals surface area contributed by atoms with Crippen molar-refractivity contribution in [3.63, 3.8) is 0 Å². The van der Waals surface area contributed by atoms with Crippen LogP contribution >= 0.6 is 11.6 Å². The summed E-state index contributed by atoms with van der Waals surface area (Å²) in [4.78, 5) is 12.4. The van der Waals surface area contributed by atoms with Gasteiger partial charge in [-0.15, -0.1) is 0 Å². The number of carbonyl (C=O) groups is 1. The van der Waals surface area contributed by atoms with Crippen LogP contribution in [0.3, 0.4) is 0 Å². The van der Waals surface area contributed by atoms with Crippen molar-refractivity contribution in [2.45, 2.75) is 6.18 Å². The van der Waals surface area contributed by atoms with Crippen LogP contribution in [-0.2, 0) is 6.18 Å². The van der Waals surface area contributed by atoms with Crippen molar-refractivity contribution in [1.82, 2.24) is 9.78 Å². The van der Waals surface area contributed by atoms with E-state index in [9.17, 15) is 18.0 Å². The number of hydrogen-bond acceptors (Lipinski definition) is 3. The number of hydrogen-bond donors (Lipinski definition) is 1. The van der Waals surface area contributed by atoms with E-state index in [-0.39, 0.29) is 16.9 Å². The lowest BCUT2D eigenvalue weighted by molar-refractivity contribution is -0.143. The maximum Gasteiger partial charge on any atom is 0.434 e. The van der Waals surface area contributed by atoms with Gasteiger partial charge in [-0.1, -0.05) is 17.7 Å². The highest BCUT2D eigenvalue weighted by Crippen LogP contribution is 2.34. The molecule has 1 heterocycles. The van der Waals surface area contributed by atoms with Gasteiger partial charge in [0.1, 0.15) is 0 Å². The molecule has 0 aliphatic rings. The molecule has 1 N–H and O–H groups in total. The van der Waals surface area contributed by atoms with Gasteiger partial charge in [-0.25, -0.2) is 4.68 Å². The summed E-state index contributed by atoms with van der Waals surface area (Å²) in [5.41, 5.74) is -1.28. The van der Waals surface area contributed by atoms with E-state index in [1.165, 1.54) is 48.5 Å². The molecule has 2 aromatic carbocycles. The second-order valence-corrected chi connectivity index (χ2v) is 5.88. The molecule has 1 aromatic heterocycles. The fourth-order valence-electron chi connectivity index (χ4n) is 2.43. The Morgan fingerprint density at radius 1 is 1.19 bits per heavy atom. The summed E-state index contributed by atoms with van der Waals surface area (Å²) in [6.45, 7) is 0. The molecular weight excluding hydrogens is 381 g/mol. The van der Waals surface area contributed by atoms with Gasteiger partial charge in [0.2, 0.25) is 0 Å². The van der Waals surface area contributed by atoms with Crippen molar-refractivity contribution in [2.24, 2.45) is 0 Å². The van der Waals surface area contributed by atoms with E-state index < -0.39 is 23.3 Å². The quantitative estimate of drug-likeness (QED) is 0.706. The van der Waals surface area contributed by atoms with Gasteiger partial charge in [0.05, 0.1) is 29.1 Å². The zero-order valence-electron chi connectivity index (χ0n) is 13.5. The standard InChI is InChI=1S/C18H10ClF3N4O/c19-12-4-6-14(7-5-12)26-16(18(20,21)22)15(10-24-26)17(27)25-13-3-1-2-11(8-13)9-23/h1-8,10H,(H,25,27). The lowest BCUT2D eigenvalue weighted by Crippen LogP contribution is -2.20. The van der Waals surface area contributed by atoms with E-state index in [1.807, 2.05) is 6.07 Å². The molecule has 1 amide bonds. The van der Waals surface area contributed by atoms with E-state index in [0.717, 1.165) is 6.20 Å².